The molecule has 2 heterocycles. The van der Waals surface area contributed by atoms with Gasteiger partial charge in [-0.05, 0) is 41.6 Å². The summed E-state index contributed by atoms with van der Waals surface area (Å²) in [5.74, 6) is 1.32. The molecule has 1 saturated carbocycles. The van der Waals surface area contributed by atoms with E-state index in [1.165, 1.54) is 0 Å². The van der Waals surface area contributed by atoms with Crippen LogP contribution in [0.25, 0.3) is 11.2 Å². The Morgan fingerprint density at radius 1 is 1.18 bits per heavy atom. The van der Waals surface area contributed by atoms with Crippen molar-refractivity contribution in [3.05, 3.63) is 54.4 Å². The van der Waals surface area contributed by atoms with E-state index in [0.29, 0.717) is 42.1 Å². The number of ether oxygens (including phenoxy) is 1. The minimum atomic E-state index is -1.83. The third-order valence-corrected chi connectivity index (χ3v) is 12.1. The molecule has 8 heteroatoms. The lowest BCUT2D eigenvalue weighted by molar-refractivity contribution is 0.223. The van der Waals surface area contributed by atoms with Gasteiger partial charge in [-0.2, -0.15) is 9.97 Å². The second-order valence-electron chi connectivity index (χ2n) is 11.0. The fourth-order valence-electron chi connectivity index (χ4n) is 4.32. The lowest BCUT2D eigenvalue weighted by atomic mass is 9.97. The van der Waals surface area contributed by atoms with Crippen molar-refractivity contribution in [2.75, 3.05) is 12.3 Å². The van der Waals surface area contributed by atoms with Gasteiger partial charge >= 0.3 is 0 Å². The fourth-order valence-corrected chi connectivity index (χ4v) is 5.35. The lowest BCUT2D eigenvalue weighted by Crippen LogP contribution is -2.42. The first kappa shape index (κ1) is 24.4. The van der Waals surface area contributed by atoms with E-state index in [4.69, 9.17) is 14.9 Å². The highest BCUT2D eigenvalue weighted by atomic mass is 28.4. The highest BCUT2D eigenvalue weighted by Crippen LogP contribution is 2.46. The molecule has 3 aromatic rings. The van der Waals surface area contributed by atoms with Crippen LogP contribution in [0, 0.1) is 11.8 Å². The first-order valence-electron chi connectivity index (χ1n) is 12.0. The molecule has 182 valence electrons. The van der Waals surface area contributed by atoms with E-state index < -0.39 is 8.32 Å². The summed E-state index contributed by atoms with van der Waals surface area (Å²) in [6.07, 6.45) is 2.77. The zero-order valence-electron chi connectivity index (χ0n) is 21.2. The summed E-state index contributed by atoms with van der Waals surface area (Å²) in [5, 5.41) is 0.181. The molecule has 1 aliphatic carbocycles. The van der Waals surface area contributed by atoms with Crippen LogP contribution in [0.1, 0.15) is 45.7 Å². The normalized spacial score (nSPS) is 21.4. The first-order valence-corrected chi connectivity index (χ1v) is 14.9. The average molecular weight is 480 g/mol. The van der Waals surface area contributed by atoms with Gasteiger partial charge in [-0.15, -0.1) is 0 Å². The van der Waals surface area contributed by atoms with E-state index in [-0.39, 0.29) is 17.0 Å². The zero-order valence-corrected chi connectivity index (χ0v) is 22.2. The van der Waals surface area contributed by atoms with Gasteiger partial charge in [0, 0.05) is 12.5 Å². The summed E-state index contributed by atoms with van der Waals surface area (Å²) in [5.41, 5.74) is 9.57. The zero-order chi connectivity index (χ0) is 24.7. The van der Waals surface area contributed by atoms with Crippen molar-refractivity contribution in [1.29, 1.82) is 0 Å². The Morgan fingerprint density at radius 2 is 1.88 bits per heavy atom. The van der Waals surface area contributed by atoms with Gasteiger partial charge < -0.3 is 19.5 Å². The number of nitrogen functional groups attached to an aromatic ring is 1. The smallest absolute Gasteiger partial charge is 0.247 e. The number of rotatable bonds is 7. The maximum absolute atomic E-state index is 6.57. The number of hydrogen-bond donors (Lipinski definition) is 1. The molecule has 3 atom stereocenters. The summed E-state index contributed by atoms with van der Waals surface area (Å²) in [6.45, 7) is 19.3. The molecule has 1 aliphatic rings. The Labute approximate surface area is 203 Å². The Morgan fingerprint density at radius 3 is 2.56 bits per heavy atom. The van der Waals surface area contributed by atoms with Crippen LogP contribution in [-0.2, 0) is 11.0 Å². The lowest BCUT2D eigenvalue weighted by Gasteiger charge is -2.37. The summed E-state index contributed by atoms with van der Waals surface area (Å²) in [7, 11) is -1.83. The molecule has 0 saturated heterocycles. The van der Waals surface area contributed by atoms with E-state index in [0.717, 1.165) is 17.6 Å². The van der Waals surface area contributed by atoms with E-state index in [9.17, 15) is 0 Å². The third-order valence-electron chi connectivity index (χ3n) is 7.58. The molecule has 1 aromatic carbocycles. The SMILES string of the molecule is C=C1[C@H](CO[Si](C)(C)C(C)(C)C)[C@@H](C)C[C@@H]1n1cnc2c(OCc3ccccc3)nc(N)nc21. The molecule has 7 nitrogen and oxygen atoms in total. The molecule has 0 spiro atoms. The minimum absolute atomic E-state index is 0.0873. The Balaban J connectivity index is 1.55. The third kappa shape index (κ3) is 4.74. The van der Waals surface area contributed by atoms with Gasteiger partial charge in [0.25, 0.3) is 0 Å². The number of nitrogens with two attached hydrogens (primary N) is 1. The maximum Gasteiger partial charge on any atom is 0.247 e. The summed E-state index contributed by atoms with van der Waals surface area (Å²) >= 11 is 0. The van der Waals surface area contributed by atoms with Gasteiger partial charge in [0.1, 0.15) is 6.61 Å². The maximum atomic E-state index is 6.57. The van der Waals surface area contributed by atoms with Crippen molar-refractivity contribution < 1.29 is 9.16 Å². The van der Waals surface area contributed by atoms with Crippen molar-refractivity contribution in [3.8, 4) is 5.88 Å². The van der Waals surface area contributed by atoms with Crippen molar-refractivity contribution in [2.45, 2.75) is 64.9 Å². The molecule has 0 aliphatic heterocycles. The van der Waals surface area contributed by atoms with E-state index >= 15 is 0 Å². The van der Waals surface area contributed by atoms with Gasteiger partial charge in [0.15, 0.2) is 19.5 Å². The van der Waals surface area contributed by atoms with E-state index in [2.05, 4.69) is 66.9 Å². The molecule has 4 rings (SSSR count). The largest absolute Gasteiger partial charge is 0.471 e. The molecule has 2 aromatic heterocycles. The monoisotopic (exact) mass is 479 g/mol. The number of hydrogen-bond acceptors (Lipinski definition) is 6. The highest BCUT2D eigenvalue weighted by Gasteiger charge is 2.41. The predicted molar refractivity (Wildman–Crippen MR) is 139 cm³/mol. The van der Waals surface area contributed by atoms with Crippen molar-refractivity contribution in [2.24, 2.45) is 11.8 Å². The van der Waals surface area contributed by atoms with Crippen molar-refractivity contribution >= 4 is 25.4 Å². The second kappa shape index (κ2) is 9.15. The molecule has 1 fully saturated rings. The van der Waals surface area contributed by atoms with E-state index in [1.807, 2.05) is 36.7 Å². The first-order chi connectivity index (χ1) is 16.0. The van der Waals surface area contributed by atoms with E-state index in [1.54, 1.807) is 0 Å². The van der Waals surface area contributed by atoms with Gasteiger partial charge in [0.05, 0.1) is 12.4 Å². The van der Waals surface area contributed by atoms with Crippen LogP contribution >= 0.6 is 0 Å². The van der Waals surface area contributed by atoms with Gasteiger partial charge in [-0.1, -0.05) is 64.6 Å². The summed E-state index contributed by atoms with van der Waals surface area (Å²) < 4.78 is 14.6. The number of nitrogens with zero attached hydrogens (tertiary/aromatic N) is 4. The Bertz CT molecular complexity index is 1170. The van der Waals surface area contributed by atoms with Gasteiger partial charge in [-0.25, -0.2) is 4.98 Å². The Kier molecular flexibility index (Phi) is 6.57. The minimum Gasteiger partial charge on any atom is -0.471 e. The van der Waals surface area contributed by atoms with Crippen molar-refractivity contribution in [3.63, 3.8) is 0 Å². The summed E-state index contributed by atoms with van der Waals surface area (Å²) in [6, 6.07) is 10.0. The molecule has 34 heavy (non-hydrogen) atoms. The second-order valence-corrected chi connectivity index (χ2v) is 15.8. The van der Waals surface area contributed by atoms with Crippen LogP contribution in [0.3, 0.4) is 0 Å². The molecular weight excluding hydrogens is 442 g/mol. The van der Waals surface area contributed by atoms with Crippen LogP contribution in [0.4, 0.5) is 5.95 Å². The molecule has 0 amide bonds. The van der Waals surface area contributed by atoms with Crippen LogP contribution in [0.5, 0.6) is 5.88 Å². The number of imidazole rings is 1. The summed E-state index contributed by atoms with van der Waals surface area (Å²) in [4.78, 5) is 13.4. The number of aromatic nitrogens is 4. The van der Waals surface area contributed by atoms with Crippen LogP contribution in [0.15, 0.2) is 48.8 Å². The van der Waals surface area contributed by atoms with Gasteiger partial charge in [-0.3, -0.25) is 0 Å². The van der Waals surface area contributed by atoms with Crippen LogP contribution in [0.2, 0.25) is 18.1 Å². The fraction of sp³-hybridized carbons (Fsp3) is 0.500. The predicted octanol–water partition coefficient (Wildman–Crippen LogP) is 5.76. The standard InChI is InChI=1S/C26H37N5O2Si/c1-17-13-21(18(2)20(17)15-33-34(6,7)26(3,4)5)31-16-28-22-23(31)29-25(27)30-24(22)32-14-19-11-9-8-10-12-19/h8-12,16-17,20-21H,2,13-15H2,1,3-7H3,(H2,27,29,30)/t17-,20+,21-/m0/s1. The number of benzene rings is 1. The van der Waals surface area contributed by atoms with Gasteiger partial charge in [0.2, 0.25) is 11.8 Å². The molecule has 0 radical (unpaired) electrons. The van der Waals surface area contributed by atoms with Crippen molar-refractivity contribution in [1.82, 2.24) is 19.5 Å². The molecule has 2 N–H and O–H groups in total. The highest BCUT2D eigenvalue weighted by molar-refractivity contribution is 6.74. The number of fused-ring (bicyclic) bond motifs is 1. The Hall–Kier alpha value is -2.71. The quantitative estimate of drug-likeness (QED) is 0.342. The van der Waals surface area contributed by atoms with Crippen LogP contribution in [-0.4, -0.2) is 34.4 Å². The molecule has 0 bridgehead atoms. The average Bonchev–Trinajstić information content (AvgIpc) is 3.30. The number of anilines is 1. The topological polar surface area (TPSA) is 88.1 Å². The molecule has 0 unspecified atom stereocenters. The van der Waals surface area contributed by atoms with Crippen LogP contribution < -0.4 is 10.5 Å². The molecular formula is C26H37N5O2Si.